The van der Waals surface area contributed by atoms with Crippen molar-refractivity contribution < 1.29 is 22.7 Å². The van der Waals surface area contributed by atoms with Gasteiger partial charge in [0.05, 0.1) is 11.6 Å². The van der Waals surface area contributed by atoms with E-state index in [4.69, 9.17) is 0 Å². The summed E-state index contributed by atoms with van der Waals surface area (Å²) in [6.45, 7) is 2.79. The Morgan fingerprint density at radius 1 is 0.947 bits per heavy atom. The monoisotopic (exact) mass is 530 g/mol. The van der Waals surface area contributed by atoms with Crippen LogP contribution in [-0.2, 0) is 12.7 Å². The average molecular weight is 531 g/mol. The first-order chi connectivity index (χ1) is 18.3. The van der Waals surface area contributed by atoms with E-state index in [9.17, 15) is 18.3 Å². The molecule has 5 rings (SSSR count). The van der Waals surface area contributed by atoms with Crippen molar-refractivity contribution >= 4 is 17.5 Å². The maximum atomic E-state index is 15.5. The van der Waals surface area contributed by atoms with E-state index in [1.165, 1.54) is 18.5 Å². The predicted octanol–water partition coefficient (Wildman–Crippen LogP) is 5.19. The normalized spacial score (nSPS) is 18.7. The van der Waals surface area contributed by atoms with Gasteiger partial charge in [0.25, 0.3) is 0 Å². The lowest BCUT2D eigenvalue weighted by atomic mass is 9.98. The summed E-state index contributed by atoms with van der Waals surface area (Å²) < 4.78 is 54.4. The van der Waals surface area contributed by atoms with Crippen molar-refractivity contribution in [3.8, 4) is 0 Å². The van der Waals surface area contributed by atoms with Crippen LogP contribution in [0.25, 0.3) is 0 Å². The number of alkyl halides is 3. The van der Waals surface area contributed by atoms with Crippen LogP contribution in [0.5, 0.6) is 0 Å². The maximum Gasteiger partial charge on any atom is 0.416 e. The first-order valence-corrected chi connectivity index (χ1v) is 12.8. The second-order valence-electron chi connectivity index (χ2n) is 9.82. The van der Waals surface area contributed by atoms with Crippen molar-refractivity contribution in [1.82, 2.24) is 15.0 Å². The standard InChI is InChI=1S/C27H30F4N6O/c28-24-25(33-15-19-3-8-23(32-14-19)36-12-9-18(16-38)10-13-36)34-17-35-26(24)37-11-1-2-22(37)20-4-6-21(7-5-20)27(29,30)31/h3-8,14,17-18,22,38H,1-2,9-13,15-16H2,(H,33,34,35). The number of benzene rings is 1. The van der Waals surface area contributed by atoms with E-state index in [-0.39, 0.29) is 24.3 Å². The number of nitrogens with one attached hydrogen (secondary N) is 1. The van der Waals surface area contributed by atoms with E-state index in [1.54, 1.807) is 11.1 Å². The quantitative estimate of drug-likeness (QED) is 0.407. The molecule has 3 aromatic rings. The third kappa shape index (κ3) is 5.67. The number of pyridine rings is 1. The van der Waals surface area contributed by atoms with E-state index in [1.807, 2.05) is 12.1 Å². The van der Waals surface area contributed by atoms with E-state index < -0.39 is 17.6 Å². The summed E-state index contributed by atoms with van der Waals surface area (Å²) >= 11 is 0. The number of rotatable bonds is 7. The third-order valence-electron chi connectivity index (χ3n) is 7.38. The molecule has 2 fully saturated rings. The van der Waals surface area contributed by atoms with Crippen molar-refractivity contribution in [2.24, 2.45) is 5.92 Å². The minimum Gasteiger partial charge on any atom is -0.396 e. The molecular weight excluding hydrogens is 500 g/mol. The number of anilines is 3. The lowest BCUT2D eigenvalue weighted by Gasteiger charge is -2.32. The predicted molar refractivity (Wildman–Crippen MR) is 136 cm³/mol. The molecule has 0 amide bonds. The summed E-state index contributed by atoms with van der Waals surface area (Å²) in [6, 6.07) is 8.64. The zero-order chi connectivity index (χ0) is 26.7. The Bertz CT molecular complexity index is 1210. The summed E-state index contributed by atoms with van der Waals surface area (Å²) in [5.41, 5.74) is 0.844. The fourth-order valence-electron chi connectivity index (χ4n) is 5.18. The summed E-state index contributed by atoms with van der Waals surface area (Å²) in [5, 5.41) is 12.3. The number of aromatic nitrogens is 3. The maximum absolute atomic E-state index is 15.5. The molecule has 1 aromatic carbocycles. The van der Waals surface area contributed by atoms with Crippen molar-refractivity contribution in [1.29, 1.82) is 0 Å². The molecule has 0 bridgehead atoms. The largest absolute Gasteiger partial charge is 0.416 e. The fraction of sp³-hybridized carbons (Fsp3) is 0.444. The third-order valence-corrected chi connectivity index (χ3v) is 7.38. The molecule has 202 valence electrons. The molecule has 2 aliphatic rings. The molecule has 2 saturated heterocycles. The van der Waals surface area contributed by atoms with Crippen molar-refractivity contribution in [3.63, 3.8) is 0 Å². The molecule has 38 heavy (non-hydrogen) atoms. The topological polar surface area (TPSA) is 77.4 Å². The van der Waals surface area contributed by atoms with Gasteiger partial charge in [-0.05, 0) is 60.9 Å². The van der Waals surface area contributed by atoms with Gasteiger partial charge < -0.3 is 20.2 Å². The van der Waals surface area contributed by atoms with Crippen LogP contribution in [0, 0.1) is 11.7 Å². The highest BCUT2D eigenvalue weighted by molar-refractivity contribution is 5.53. The van der Waals surface area contributed by atoms with Gasteiger partial charge in [-0.25, -0.2) is 15.0 Å². The minimum absolute atomic E-state index is 0.0585. The van der Waals surface area contributed by atoms with Crippen LogP contribution in [0.1, 0.15) is 48.4 Å². The summed E-state index contributed by atoms with van der Waals surface area (Å²) in [4.78, 5) is 16.8. The van der Waals surface area contributed by atoms with Gasteiger partial charge in [0.2, 0.25) is 5.82 Å². The molecule has 0 aliphatic carbocycles. The van der Waals surface area contributed by atoms with E-state index >= 15 is 4.39 Å². The summed E-state index contributed by atoms with van der Waals surface area (Å²) in [6.07, 6.45) is 1.98. The van der Waals surface area contributed by atoms with Crippen LogP contribution in [0.15, 0.2) is 48.9 Å². The molecular formula is C27H30F4N6O. The number of piperidine rings is 1. The van der Waals surface area contributed by atoms with Gasteiger partial charge in [0.1, 0.15) is 12.1 Å². The van der Waals surface area contributed by atoms with Crippen LogP contribution in [0.2, 0.25) is 0 Å². The minimum atomic E-state index is -4.40. The van der Waals surface area contributed by atoms with Crippen LogP contribution >= 0.6 is 0 Å². The van der Waals surface area contributed by atoms with Gasteiger partial charge in [0, 0.05) is 39.0 Å². The highest BCUT2D eigenvalue weighted by Gasteiger charge is 2.33. The number of aliphatic hydroxyl groups excluding tert-OH is 1. The van der Waals surface area contributed by atoms with Crippen molar-refractivity contribution in [2.75, 3.05) is 41.4 Å². The van der Waals surface area contributed by atoms with Gasteiger partial charge in [-0.3, -0.25) is 0 Å². The van der Waals surface area contributed by atoms with Crippen LogP contribution in [0.3, 0.4) is 0 Å². The summed E-state index contributed by atoms with van der Waals surface area (Å²) in [7, 11) is 0. The van der Waals surface area contributed by atoms with Gasteiger partial charge in [0.15, 0.2) is 11.6 Å². The van der Waals surface area contributed by atoms with Crippen molar-refractivity contribution in [2.45, 2.75) is 44.4 Å². The molecule has 2 aromatic heterocycles. The van der Waals surface area contributed by atoms with Gasteiger partial charge in [-0.1, -0.05) is 18.2 Å². The molecule has 0 saturated carbocycles. The molecule has 1 unspecified atom stereocenters. The Hall–Kier alpha value is -3.47. The van der Waals surface area contributed by atoms with E-state index in [2.05, 4.69) is 25.2 Å². The Balaban J connectivity index is 1.24. The Labute approximate surface area is 218 Å². The molecule has 0 radical (unpaired) electrons. The second-order valence-corrected chi connectivity index (χ2v) is 9.82. The van der Waals surface area contributed by atoms with Crippen LogP contribution in [-0.4, -0.2) is 46.3 Å². The van der Waals surface area contributed by atoms with E-state index in [0.717, 1.165) is 55.9 Å². The molecule has 2 N–H and O–H groups in total. The number of aliphatic hydroxyl groups is 1. The lowest BCUT2D eigenvalue weighted by Crippen LogP contribution is -2.35. The number of halogens is 4. The number of nitrogens with zero attached hydrogens (tertiary/aromatic N) is 5. The SMILES string of the molecule is OCC1CCN(c2ccc(CNc3ncnc(N4CCCC4c4ccc(C(F)(F)F)cc4)c3F)cn2)CC1. The Kier molecular flexibility index (Phi) is 7.64. The van der Waals surface area contributed by atoms with Gasteiger partial charge in [-0.2, -0.15) is 17.6 Å². The molecule has 7 nitrogen and oxygen atoms in total. The zero-order valence-corrected chi connectivity index (χ0v) is 20.8. The fourth-order valence-corrected chi connectivity index (χ4v) is 5.18. The molecule has 0 spiro atoms. The smallest absolute Gasteiger partial charge is 0.396 e. The molecule has 2 aliphatic heterocycles. The van der Waals surface area contributed by atoms with E-state index in [0.29, 0.717) is 31.0 Å². The lowest BCUT2D eigenvalue weighted by molar-refractivity contribution is -0.137. The van der Waals surface area contributed by atoms with Gasteiger partial charge in [-0.15, -0.1) is 0 Å². The van der Waals surface area contributed by atoms with Crippen LogP contribution in [0.4, 0.5) is 35.0 Å². The van der Waals surface area contributed by atoms with Crippen LogP contribution < -0.4 is 15.1 Å². The first-order valence-electron chi connectivity index (χ1n) is 12.8. The average Bonchev–Trinajstić information content (AvgIpc) is 3.42. The summed E-state index contributed by atoms with van der Waals surface area (Å²) in [5.74, 6) is 0.827. The Morgan fingerprint density at radius 2 is 1.71 bits per heavy atom. The second kappa shape index (κ2) is 11.1. The zero-order valence-electron chi connectivity index (χ0n) is 20.8. The number of hydrogen-bond donors (Lipinski definition) is 2. The molecule has 4 heterocycles. The highest BCUT2D eigenvalue weighted by atomic mass is 19.4. The Morgan fingerprint density at radius 3 is 2.37 bits per heavy atom. The van der Waals surface area contributed by atoms with Gasteiger partial charge >= 0.3 is 6.18 Å². The molecule has 11 heteroatoms. The number of hydrogen-bond acceptors (Lipinski definition) is 7. The molecule has 1 atom stereocenters. The first kappa shape index (κ1) is 26.1. The van der Waals surface area contributed by atoms with Crippen molar-refractivity contribution in [3.05, 3.63) is 71.4 Å². The highest BCUT2D eigenvalue weighted by Crippen LogP contribution is 2.38.